The first kappa shape index (κ1) is 22.6. The average Bonchev–Trinajstić information content (AvgIpc) is 3.15. The van der Waals surface area contributed by atoms with Gasteiger partial charge in [-0.1, -0.05) is 30.3 Å². The first-order valence-corrected chi connectivity index (χ1v) is 9.48. The molecule has 0 spiro atoms. The van der Waals surface area contributed by atoms with Crippen molar-refractivity contribution < 1.29 is 23.9 Å². The molecule has 0 fully saturated rings. The summed E-state index contributed by atoms with van der Waals surface area (Å²) < 4.78 is 17.0. The van der Waals surface area contributed by atoms with Gasteiger partial charge in [-0.3, -0.25) is 0 Å². The van der Waals surface area contributed by atoms with E-state index in [1.54, 1.807) is 6.92 Å². The lowest BCUT2D eigenvalue weighted by Gasteiger charge is -2.11. The summed E-state index contributed by atoms with van der Waals surface area (Å²) in [7, 11) is 1.32. The second-order valence-corrected chi connectivity index (χ2v) is 6.53. The molecule has 1 aromatic carbocycles. The van der Waals surface area contributed by atoms with Gasteiger partial charge in [0.1, 0.15) is 25.4 Å². The second kappa shape index (κ2) is 10.3. The van der Waals surface area contributed by atoms with Crippen molar-refractivity contribution in [3.63, 3.8) is 0 Å². The average molecular weight is 443 g/mol. The van der Waals surface area contributed by atoms with Gasteiger partial charge in [0.15, 0.2) is 5.82 Å². The summed E-state index contributed by atoms with van der Waals surface area (Å²) in [4.78, 5) is 38.5. The normalized spacial score (nSPS) is 11.6. The third kappa shape index (κ3) is 5.72. The molecule has 32 heavy (non-hydrogen) atoms. The topological polar surface area (TPSA) is 170 Å². The van der Waals surface area contributed by atoms with Crippen LogP contribution in [0.2, 0.25) is 0 Å². The maximum Gasteiger partial charge on any atom is 0.342 e. The molecule has 0 saturated heterocycles. The molecule has 0 bridgehead atoms. The van der Waals surface area contributed by atoms with Crippen LogP contribution in [0.4, 0.5) is 5.82 Å². The summed E-state index contributed by atoms with van der Waals surface area (Å²) in [5.74, 6) is -0.449. The number of nitrogens with zero attached hydrogens (tertiary/aromatic N) is 6. The van der Waals surface area contributed by atoms with Crippen LogP contribution >= 0.6 is 0 Å². The van der Waals surface area contributed by atoms with Crippen LogP contribution in [-0.2, 0) is 17.8 Å². The highest BCUT2D eigenvalue weighted by Gasteiger charge is 2.21. The molecule has 3 aromatic rings. The molecule has 0 amide bonds. The van der Waals surface area contributed by atoms with Gasteiger partial charge in [0.25, 0.3) is 0 Å². The lowest BCUT2D eigenvalue weighted by atomic mass is 10.1. The van der Waals surface area contributed by atoms with Crippen LogP contribution in [0, 0.1) is 17.0 Å². The fourth-order valence-corrected chi connectivity index (χ4v) is 2.75. The number of ether oxygens (including phenoxy) is 3. The van der Waals surface area contributed by atoms with Crippen molar-refractivity contribution in [1.29, 1.82) is 0 Å². The van der Waals surface area contributed by atoms with Crippen LogP contribution in [0.1, 0.15) is 11.4 Å². The molecule has 0 radical (unpaired) electrons. The van der Waals surface area contributed by atoms with Crippen molar-refractivity contribution in [2.45, 2.75) is 25.9 Å². The molecule has 0 aliphatic carbocycles. The lowest BCUT2D eigenvalue weighted by Crippen LogP contribution is -2.36. The second-order valence-electron chi connectivity index (χ2n) is 6.53. The zero-order chi connectivity index (χ0) is 23.1. The van der Waals surface area contributed by atoms with E-state index in [1.807, 2.05) is 30.3 Å². The standard InChI is InChI=1S/C19H21N7O6/c1-12-21-11-15(26(28)29)25(12)8-9-31-18-22-17(30-2)23-19(24-18)32-16(27)14(20)10-13-6-4-3-5-7-13/h3-7,11,14H,8-10,20H2,1-2H3. The number of aryl methyl sites for hydroxylation is 1. The Morgan fingerprint density at radius 1 is 1.19 bits per heavy atom. The molecular formula is C19H21N7O6. The smallest absolute Gasteiger partial charge is 0.342 e. The summed E-state index contributed by atoms with van der Waals surface area (Å²) in [5.41, 5.74) is 6.79. The van der Waals surface area contributed by atoms with Gasteiger partial charge in [-0.05, 0) is 16.9 Å². The Morgan fingerprint density at radius 2 is 1.88 bits per heavy atom. The summed E-state index contributed by atoms with van der Waals surface area (Å²) in [6.07, 6.45) is 1.44. The van der Waals surface area contributed by atoms with E-state index < -0.39 is 16.9 Å². The van der Waals surface area contributed by atoms with Crippen LogP contribution in [0.5, 0.6) is 18.0 Å². The number of carbonyl (C=O) groups is 1. The summed E-state index contributed by atoms with van der Waals surface area (Å²) in [5, 5.41) is 11.1. The third-order valence-corrected chi connectivity index (χ3v) is 4.32. The van der Waals surface area contributed by atoms with Crippen molar-refractivity contribution in [1.82, 2.24) is 24.5 Å². The Kier molecular flexibility index (Phi) is 7.23. The van der Waals surface area contributed by atoms with Crippen LogP contribution in [-0.4, -0.2) is 55.2 Å². The van der Waals surface area contributed by atoms with E-state index >= 15 is 0 Å². The summed E-state index contributed by atoms with van der Waals surface area (Å²) in [6, 6.07) is 7.63. The van der Waals surface area contributed by atoms with Gasteiger partial charge in [-0.2, -0.15) is 0 Å². The number of carbonyl (C=O) groups excluding carboxylic acids is 1. The van der Waals surface area contributed by atoms with E-state index in [4.69, 9.17) is 19.9 Å². The van der Waals surface area contributed by atoms with Gasteiger partial charge in [0.05, 0.1) is 7.11 Å². The molecule has 0 aliphatic rings. The maximum atomic E-state index is 12.3. The van der Waals surface area contributed by atoms with Gasteiger partial charge in [0.2, 0.25) is 0 Å². The molecule has 13 nitrogen and oxygen atoms in total. The highest BCUT2D eigenvalue weighted by atomic mass is 16.6. The van der Waals surface area contributed by atoms with Crippen LogP contribution in [0.15, 0.2) is 36.5 Å². The number of benzene rings is 1. The molecule has 0 aliphatic heterocycles. The Balaban J connectivity index is 1.64. The highest BCUT2D eigenvalue weighted by Crippen LogP contribution is 2.17. The number of hydrogen-bond donors (Lipinski definition) is 1. The van der Waals surface area contributed by atoms with Crippen LogP contribution in [0.3, 0.4) is 0 Å². The predicted molar refractivity (Wildman–Crippen MR) is 109 cm³/mol. The number of esters is 1. The lowest BCUT2D eigenvalue weighted by molar-refractivity contribution is -0.392. The number of nitrogens with two attached hydrogens (primary N) is 1. The highest BCUT2D eigenvalue weighted by molar-refractivity contribution is 5.77. The van der Waals surface area contributed by atoms with Gasteiger partial charge in [-0.15, -0.1) is 15.0 Å². The minimum atomic E-state index is -0.936. The van der Waals surface area contributed by atoms with E-state index in [0.29, 0.717) is 5.82 Å². The van der Waals surface area contributed by atoms with E-state index in [1.165, 1.54) is 11.7 Å². The van der Waals surface area contributed by atoms with E-state index in [0.717, 1.165) is 11.8 Å². The molecule has 13 heteroatoms. The Morgan fingerprint density at radius 3 is 2.56 bits per heavy atom. The number of aromatic nitrogens is 5. The van der Waals surface area contributed by atoms with Crippen molar-refractivity contribution in [3.05, 3.63) is 58.0 Å². The molecule has 2 N–H and O–H groups in total. The minimum absolute atomic E-state index is 0.0217. The van der Waals surface area contributed by atoms with Gasteiger partial charge in [0, 0.05) is 6.92 Å². The number of methoxy groups -OCH3 is 1. The van der Waals surface area contributed by atoms with Crippen molar-refractivity contribution >= 4 is 11.8 Å². The summed E-state index contributed by atoms with van der Waals surface area (Å²) >= 11 is 0. The molecule has 2 heterocycles. The van der Waals surface area contributed by atoms with Gasteiger partial charge < -0.3 is 30.1 Å². The van der Waals surface area contributed by atoms with Gasteiger partial charge in [-0.25, -0.2) is 14.3 Å². The molecule has 0 saturated carbocycles. The van der Waals surface area contributed by atoms with Crippen LogP contribution < -0.4 is 19.9 Å². The first-order chi connectivity index (χ1) is 15.4. The van der Waals surface area contributed by atoms with Crippen molar-refractivity contribution in [3.8, 4) is 18.0 Å². The number of hydrogen-bond acceptors (Lipinski definition) is 11. The SMILES string of the molecule is COc1nc(OCCn2c([N+](=O)[O-])cnc2C)nc(OC(=O)C(N)Cc2ccccc2)n1. The number of nitro groups is 1. The van der Waals surface area contributed by atoms with E-state index in [-0.39, 0.29) is 43.4 Å². The Labute approximate surface area is 182 Å². The van der Waals surface area contributed by atoms with Crippen LogP contribution in [0.25, 0.3) is 0 Å². The molecule has 2 aromatic heterocycles. The number of rotatable bonds is 10. The van der Waals surface area contributed by atoms with Crippen molar-refractivity contribution in [2.24, 2.45) is 5.73 Å². The molecular weight excluding hydrogens is 422 g/mol. The largest absolute Gasteiger partial charge is 0.467 e. The Bertz CT molecular complexity index is 1090. The molecule has 1 unspecified atom stereocenters. The number of imidazole rings is 1. The molecule has 168 valence electrons. The monoisotopic (exact) mass is 443 g/mol. The zero-order valence-corrected chi connectivity index (χ0v) is 17.4. The first-order valence-electron chi connectivity index (χ1n) is 9.48. The minimum Gasteiger partial charge on any atom is -0.467 e. The van der Waals surface area contributed by atoms with Crippen molar-refractivity contribution in [2.75, 3.05) is 13.7 Å². The predicted octanol–water partition coefficient (Wildman–Crippen LogP) is 0.848. The van der Waals surface area contributed by atoms with Gasteiger partial charge >= 0.3 is 29.8 Å². The molecule has 1 atom stereocenters. The fourth-order valence-electron chi connectivity index (χ4n) is 2.75. The zero-order valence-electron chi connectivity index (χ0n) is 17.4. The maximum absolute atomic E-state index is 12.3. The Hall–Kier alpha value is -4.13. The third-order valence-electron chi connectivity index (χ3n) is 4.32. The van der Waals surface area contributed by atoms with E-state index in [2.05, 4.69) is 19.9 Å². The van der Waals surface area contributed by atoms with E-state index in [9.17, 15) is 14.9 Å². The molecule has 3 rings (SSSR count). The fraction of sp³-hybridized carbons (Fsp3) is 0.316. The summed E-state index contributed by atoms with van der Waals surface area (Å²) in [6.45, 7) is 1.73. The quantitative estimate of drug-likeness (QED) is 0.267.